The Kier molecular flexibility index (Phi) is 4.70. The van der Waals surface area contributed by atoms with Crippen LogP contribution in [-0.2, 0) is 4.32 Å². The summed E-state index contributed by atoms with van der Waals surface area (Å²) < 4.78 is -0.788. The molecule has 2 nitrogen and oxygen atoms in total. The number of alkyl halides is 1. The van der Waals surface area contributed by atoms with Crippen LogP contribution in [0.4, 0.5) is 0 Å². The molecule has 0 spiro atoms. The first-order valence-electron chi connectivity index (χ1n) is 5.32. The molecule has 0 saturated heterocycles. The van der Waals surface area contributed by atoms with Gasteiger partial charge in [-0.25, -0.2) is 0 Å². The van der Waals surface area contributed by atoms with Gasteiger partial charge in [-0.2, -0.15) is 5.26 Å². The molecular formula is C13H15BrN2. The van der Waals surface area contributed by atoms with Crippen molar-refractivity contribution in [3.05, 3.63) is 35.9 Å². The molecule has 0 aromatic heterocycles. The van der Waals surface area contributed by atoms with Crippen LogP contribution in [0.15, 0.2) is 35.3 Å². The molecule has 16 heavy (non-hydrogen) atoms. The van der Waals surface area contributed by atoms with E-state index in [0.29, 0.717) is 0 Å². The van der Waals surface area contributed by atoms with Crippen molar-refractivity contribution >= 4 is 21.6 Å². The Morgan fingerprint density at radius 2 is 2.06 bits per heavy atom. The van der Waals surface area contributed by atoms with Gasteiger partial charge in [-0.1, -0.05) is 53.2 Å². The van der Waals surface area contributed by atoms with E-state index >= 15 is 0 Å². The number of rotatable bonds is 4. The Labute approximate surface area is 105 Å². The van der Waals surface area contributed by atoms with Crippen LogP contribution in [0, 0.1) is 11.3 Å². The molecule has 0 saturated carbocycles. The van der Waals surface area contributed by atoms with Crippen molar-refractivity contribution < 1.29 is 0 Å². The van der Waals surface area contributed by atoms with Crippen LogP contribution in [0.5, 0.6) is 0 Å². The Bertz CT molecular complexity index is 406. The zero-order chi connectivity index (χ0) is 12.0. The van der Waals surface area contributed by atoms with E-state index in [2.05, 4.69) is 33.9 Å². The van der Waals surface area contributed by atoms with Crippen LogP contribution in [0.1, 0.15) is 25.8 Å². The normalized spacial score (nSPS) is 15.2. The lowest BCUT2D eigenvalue weighted by atomic mass is 9.96. The molecule has 0 fully saturated rings. The van der Waals surface area contributed by atoms with Crippen LogP contribution in [-0.4, -0.2) is 12.3 Å². The zero-order valence-electron chi connectivity index (χ0n) is 9.57. The lowest BCUT2D eigenvalue weighted by molar-refractivity contribution is 0.914. The number of nitrogens with zero attached hydrogens (tertiary/aromatic N) is 2. The second kappa shape index (κ2) is 5.81. The van der Waals surface area contributed by atoms with E-state index in [4.69, 9.17) is 0 Å². The highest BCUT2D eigenvalue weighted by atomic mass is 79.9. The van der Waals surface area contributed by atoms with Gasteiger partial charge in [0.1, 0.15) is 0 Å². The highest BCUT2D eigenvalue weighted by Crippen LogP contribution is 2.32. The first kappa shape index (κ1) is 12.9. The van der Waals surface area contributed by atoms with Gasteiger partial charge < -0.3 is 0 Å². The number of aliphatic imine (C=N–C) groups is 1. The third-order valence-corrected chi connectivity index (χ3v) is 3.61. The predicted molar refractivity (Wildman–Crippen MR) is 70.9 cm³/mol. The van der Waals surface area contributed by atoms with Crippen molar-refractivity contribution in [2.75, 3.05) is 6.54 Å². The molecule has 1 aromatic carbocycles. The molecule has 0 bridgehead atoms. The molecule has 1 atom stereocenters. The highest BCUT2D eigenvalue weighted by Gasteiger charge is 2.32. The number of nitriles is 1. The van der Waals surface area contributed by atoms with E-state index in [1.165, 1.54) is 0 Å². The SMILES string of the molecule is CCCN=C(C)C(Br)(C#N)c1ccccc1. The monoisotopic (exact) mass is 278 g/mol. The maximum Gasteiger partial charge on any atom is 0.174 e. The van der Waals surface area contributed by atoms with Crippen molar-refractivity contribution in [3.8, 4) is 6.07 Å². The summed E-state index contributed by atoms with van der Waals surface area (Å²) in [6.45, 7) is 4.72. The number of benzene rings is 1. The van der Waals surface area contributed by atoms with E-state index in [-0.39, 0.29) is 0 Å². The summed E-state index contributed by atoms with van der Waals surface area (Å²) >= 11 is 3.50. The molecule has 1 rings (SSSR count). The average molecular weight is 279 g/mol. The van der Waals surface area contributed by atoms with Crippen molar-refractivity contribution in [2.24, 2.45) is 4.99 Å². The first-order valence-corrected chi connectivity index (χ1v) is 6.11. The average Bonchev–Trinajstić information content (AvgIpc) is 2.35. The van der Waals surface area contributed by atoms with Gasteiger partial charge in [0, 0.05) is 12.3 Å². The van der Waals surface area contributed by atoms with Gasteiger partial charge in [0.2, 0.25) is 0 Å². The summed E-state index contributed by atoms with van der Waals surface area (Å²) in [6.07, 6.45) is 0.987. The van der Waals surface area contributed by atoms with E-state index < -0.39 is 4.32 Å². The largest absolute Gasteiger partial charge is 0.291 e. The Hall–Kier alpha value is -1.14. The van der Waals surface area contributed by atoms with Gasteiger partial charge in [0.15, 0.2) is 4.32 Å². The lowest BCUT2D eigenvalue weighted by Crippen LogP contribution is -2.25. The summed E-state index contributed by atoms with van der Waals surface area (Å²) in [4.78, 5) is 4.41. The van der Waals surface area contributed by atoms with Gasteiger partial charge in [-0.15, -0.1) is 0 Å². The third kappa shape index (κ3) is 2.70. The minimum atomic E-state index is -0.788. The van der Waals surface area contributed by atoms with E-state index in [1.807, 2.05) is 37.3 Å². The van der Waals surface area contributed by atoms with E-state index in [0.717, 1.165) is 24.2 Å². The first-order chi connectivity index (χ1) is 7.65. The summed E-state index contributed by atoms with van der Waals surface area (Å²) in [5.41, 5.74) is 1.73. The third-order valence-electron chi connectivity index (χ3n) is 2.40. The number of halogens is 1. The predicted octanol–water partition coefficient (Wildman–Crippen LogP) is 3.67. The molecule has 0 aliphatic heterocycles. The van der Waals surface area contributed by atoms with Crippen LogP contribution < -0.4 is 0 Å². The molecule has 0 heterocycles. The zero-order valence-corrected chi connectivity index (χ0v) is 11.2. The minimum absolute atomic E-state index is 0.758. The molecule has 0 aliphatic carbocycles. The smallest absolute Gasteiger partial charge is 0.174 e. The van der Waals surface area contributed by atoms with Crippen molar-refractivity contribution in [3.63, 3.8) is 0 Å². The molecule has 1 unspecified atom stereocenters. The van der Waals surface area contributed by atoms with Crippen LogP contribution in [0.25, 0.3) is 0 Å². The summed E-state index contributed by atoms with van der Waals surface area (Å²) in [7, 11) is 0. The van der Waals surface area contributed by atoms with Crippen LogP contribution >= 0.6 is 15.9 Å². The van der Waals surface area contributed by atoms with Crippen LogP contribution in [0.2, 0.25) is 0 Å². The molecular weight excluding hydrogens is 264 g/mol. The molecule has 0 N–H and O–H groups in total. The summed E-state index contributed by atoms with van der Waals surface area (Å²) in [5.74, 6) is 0. The second-order valence-corrected chi connectivity index (χ2v) is 4.79. The molecule has 0 radical (unpaired) electrons. The summed E-state index contributed by atoms with van der Waals surface area (Å²) in [5, 5.41) is 9.33. The molecule has 1 aromatic rings. The number of hydrogen-bond acceptors (Lipinski definition) is 2. The van der Waals surface area contributed by atoms with Gasteiger partial charge in [0.05, 0.1) is 6.07 Å². The standard InChI is InChI=1S/C13H15BrN2/c1-3-9-16-11(2)13(14,10-15)12-7-5-4-6-8-12/h4-8H,3,9H2,1-2H3. The minimum Gasteiger partial charge on any atom is -0.291 e. The van der Waals surface area contributed by atoms with E-state index in [9.17, 15) is 5.26 Å². The summed E-state index contributed by atoms with van der Waals surface area (Å²) in [6, 6.07) is 11.9. The topological polar surface area (TPSA) is 36.1 Å². The molecule has 3 heteroatoms. The Balaban J connectivity index is 3.09. The fourth-order valence-corrected chi connectivity index (χ4v) is 1.80. The lowest BCUT2D eigenvalue weighted by Gasteiger charge is -2.19. The molecule has 0 amide bonds. The Morgan fingerprint density at radius 1 is 1.44 bits per heavy atom. The number of hydrogen-bond donors (Lipinski definition) is 0. The van der Waals surface area contributed by atoms with E-state index in [1.54, 1.807) is 0 Å². The fourth-order valence-electron chi connectivity index (χ4n) is 1.41. The van der Waals surface area contributed by atoms with Crippen molar-refractivity contribution in [1.29, 1.82) is 5.26 Å². The fraction of sp³-hybridized carbons (Fsp3) is 0.385. The van der Waals surface area contributed by atoms with Gasteiger partial charge >= 0.3 is 0 Å². The van der Waals surface area contributed by atoms with Gasteiger partial charge in [-0.3, -0.25) is 4.99 Å². The molecule has 0 aliphatic rings. The maximum absolute atomic E-state index is 9.33. The van der Waals surface area contributed by atoms with Crippen molar-refractivity contribution in [2.45, 2.75) is 24.6 Å². The maximum atomic E-state index is 9.33. The van der Waals surface area contributed by atoms with Gasteiger partial charge in [-0.05, 0) is 18.9 Å². The molecule has 84 valence electrons. The van der Waals surface area contributed by atoms with Crippen molar-refractivity contribution in [1.82, 2.24) is 0 Å². The quantitative estimate of drug-likeness (QED) is 0.612. The van der Waals surface area contributed by atoms with Crippen LogP contribution in [0.3, 0.4) is 0 Å². The highest BCUT2D eigenvalue weighted by molar-refractivity contribution is 9.10. The Morgan fingerprint density at radius 3 is 2.56 bits per heavy atom. The van der Waals surface area contributed by atoms with Gasteiger partial charge in [0.25, 0.3) is 0 Å². The second-order valence-electron chi connectivity index (χ2n) is 3.60.